The zero-order chi connectivity index (χ0) is 21.1. The Balaban J connectivity index is 1.46. The monoisotopic (exact) mass is 414 g/mol. The first-order chi connectivity index (χ1) is 14.4. The Hall–Kier alpha value is -3.49. The maximum absolute atomic E-state index is 12.7. The van der Waals surface area contributed by atoms with Crippen LogP contribution >= 0.6 is 0 Å². The molecule has 6 nitrogen and oxygen atoms in total. The van der Waals surface area contributed by atoms with E-state index in [4.69, 9.17) is 5.73 Å². The second-order valence-electron chi connectivity index (χ2n) is 6.97. The number of nitrogens with zero attached hydrogens (tertiary/aromatic N) is 4. The molecule has 30 heavy (non-hydrogen) atoms. The number of hydrogen-bond acceptors (Lipinski definition) is 6. The van der Waals surface area contributed by atoms with Crippen LogP contribution in [-0.4, -0.2) is 36.1 Å². The predicted octanol–water partition coefficient (Wildman–Crippen LogP) is 4.15. The van der Waals surface area contributed by atoms with E-state index in [9.17, 15) is 13.2 Å². The van der Waals surface area contributed by atoms with E-state index in [2.05, 4.69) is 37.2 Å². The second-order valence-corrected chi connectivity index (χ2v) is 6.97. The number of benzene rings is 2. The van der Waals surface area contributed by atoms with Gasteiger partial charge in [-0.2, -0.15) is 13.2 Å². The molecule has 1 aromatic heterocycles. The summed E-state index contributed by atoms with van der Waals surface area (Å²) in [6.45, 7) is 3.15. The quantitative estimate of drug-likeness (QED) is 0.669. The molecule has 1 fully saturated rings. The molecule has 0 saturated carbocycles. The van der Waals surface area contributed by atoms with Gasteiger partial charge in [-0.05, 0) is 36.4 Å². The Morgan fingerprint density at radius 2 is 1.47 bits per heavy atom. The Morgan fingerprint density at radius 3 is 2.10 bits per heavy atom. The maximum atomic E-state index is 12.7. The average molecular weight is 414 g/mol. The van der Waals surface area contributed by atoms with Crippen molar-refractivity contribution in [2.45, 2.75) is 6.18 Å². The highest BCUT2D eigenvalue weighted by atomic mass is 19.4. The first-order valence-electron chi connectivity index (χ1n) is 9.51. The van der Waals surface area contributed by atoms with Crippen LogP contribution in [0.4, 0.5) is 41.9 Å². The summed E-state index contributed by atoms with van der Waals surface area (Å²) in [6.07, 6.45) is -2.97. The van der Waals surface area contributed by atoms with E-state index in [1.165, 1.54) is 24.1 Å². The van der Waals surface area contributed by atoms with Crippen LogP contribution in [0, 0.1) is 0 Å². The van der Waals surface area contributed by atoms with Crippen LogP contribution < -0.4 is 20.9 Å². The predicted molar refractivity (Wildman–Crippen MR) is 112 cm³/mol. The fourth-order valence-electron chi connectivity index (χ4n) is 3.43. The normalized spacial score (nSPS) is 14.6. The molecule has 0 aliphatic carbocycles. The van der Waals surface area contributed by atoms with Crippen molar-refractivity contribution < 1.29 is 13.2 Å². The second kappa shape index (κ2) is 8.10. The molecule has 1 aliphatic heterocycles. The largest absolute Gasteiger partial charge is 0.416 e. The number of halogens is 3. The maximum Gasteiger partial charge on any atom is 0.416 e. The molecule has 3 aromatic rings. The molecule has 9 heteroatoms. The molecule has 2 aromatic carbocycles. The number of aromatic nitrogens is 2. The fraction of sp³-hybridized carbons (Fsp3) is 0.238. The van der Waals surface area contributed by atoms with E-state index in [1.54, 1.807) is 0 Å². The van der Waals surface area contributed by atoms with Gasteiger partial charge < -0.3 is 20.9 Å². The standard InChI is InChI=1S/C21H21F3N6/c22-21(23,24)15-6-8-16(9-7-15)28-19-18(25)20(27-14-26-19)30-12-10-29(11-13-30)17-4-2-1-3-5-17/h1-9,14H,10-13,25H2,(H,26,27,28). The molecule has 3 N–H and O–H groups in total. The lowest BCUT2D eigenvalue weighted by atomic mass is 10.2. The van der Waals surface area contributed by atoms with Gasteiger partial charge in [0.1, 0.15) is 12.0 Å². The van der Waals surface area contributed by atoms with Gasteiger partial charge in [-0.3, -0.25) is 0 Å². The molecular weight excluding hydrogens is 393 g/mol. The van der Waals surface area contributed by atoms with Crippen LogP contribution in [0.5, 0.6) is 0 Å². The lowest BCUT2D eigenvalue weighted by Crippen LogP contribution is -2.47. The van der Waals surface area contributed by atoms with E-state index in [0.29, 0.717) is 23.0 Å². The third kappa shape index (κ3) is 4.24. The van der Waals surface area contributed by atoms with Crippen LogP contribution in [0.15, 0.2) is 60.9 Å². The number of anilines is 5. The molecule has 0 atom stereocenters. The Morgan fingerprint density at radius 1 is 0.833 bits per heavy atom. The van der Waals surface area contributed by atoms with Crippen molar-refractivity contribution in [1.82, 2.24) is 9.97 Å². The van der Waals surface area contributed by atoms with Crippen molar-refractivity contribution >= 4 is 28.7 Å². The summed E-state index contributed by atoms with van der Waals surface area (Å²) in [4.78, 5) is 12.9. The number of nitrogens with one attached hydrogen (secondary N) is 1. The van der Waals surface area contributed by atoms with Crippen LogP contribution in [0.2, 0.25) is 0 Å². The Bertz CT molecular complexity index is 984. The molecule has 0 spiro atoms. The molecule has 0 bridgehead atoms. The number of alkyl halides is 3. The van der Waals surface area contributed by atoms with Crippen molar-refractivity contribution in [2.24, 2.45) is 0 Å². The number of hydrogen-bond donors (Lipinski definition) is 2. The smallest absolute Gasteiger partial charge is 0.393 e. The minimum Gasteiger partial charge on any atom is -0.393 e. The molecule has 4 rings (SSSR count). The zero-order valence-corrected chi connectivity index (χ0v) is 16.1. The van der Waals surface area contributed by atoms with E-state index < -0.39 is 11.7 Å². The van der Waals surface area contributed by atoms with E-state index >= 15 is 0 Å². The summed E-state index contributed by atoms with van der Waals surface area (Å²) in [6, 6.07) is 14.9. The first-order valence-corrected chi connectivity index (χ1v) is 9.51. The van der Waals surface area contributed by atoms with Crippen LogP contribution in [0.3, 0.4) is 0 Å². The van der Waals surface area contributed by atoms with E-state index in [0.717, 1.165) is 38.3 Å². The van der Waals surface area contributed by atoms with Crippen LogP contribution in [0.1, 0.15) is 5.56 Å². The van der Waals surface area contributed by atoms with E-state index in [1.807, 2.05) is 18.2 Å². The van der Waals surface area contributed by atoms with Gasteiger partial charge in [0.2, 0.25) is 0 Å². The van der Waals surface area contributed by atoms with Crippen molar-refractivity contribution in [3.63, 3.8) is 0 Å². The van der Waals surface area contributed by atoms with Crippen molar-refractivity contribution in [1.29, 1.82) is 0 Å². The van der Waals surface area contributed by atoms with Gasteiger partial charge in [-0.1, -0.05) is 18.2 Å². The summed E-state index contributed by atoms with van der Waals surface area (Å²) >= 11 is 0. The molecule has 2 heterocycles. The molecule has 0 unspecified atom stereocenters. The summed E-state index contributed by atoms with van der Waals surface area (Å²) in [5.74, 6) is 0.984. The summed E-state index contributed by atoms with van der Waals surface area (Å²) in [7, 11) is 0. The highest BCUT2D eigenvalue weighted by Gasteiger charge is 2.30. The Labute approximate surface area is 172 Å². The lowest BCUT2D eigenvalue weighted by molar-refractivity contribution is -0.137. The number of para-hydroxylation sites is 1. The molecule has 1 saturated heterocycles. The average Bonchev–Trinajstić information content (AvgIpc) is 2.76. The van der Waals surface area contributed by atoms with Gasteiger partial charge >= 0.3 is 6.18 Å². The van der Waals surface area contributed by atoms with Gasteiger partial charge in [0.05, 0.1) is 5.56 Å². The van der Waals surface area contributed by atoms with Crippen molar-refractivity contribution in [2.75, 3.05) is 47.0 Å². The third-order valence-corrected chi connectivity index (χ3v) is 5.04. The molecule has 0 amide bonds. The molecule has 0 radical (unpaired) electrons. The summed E-state index contributed by atoms with van der Waals surface area (Å²) < 4.78 is 38.2. The highest BCUT2D eigenvalue weighted by molar-refractivity contribution is 5.78. The number of nitrogens with two attached hydrogens (primary N) is 1. The first kappa shape index (κ1) is 19.8. The van der Waals surface area contributed by atoms with Gasteiger partial charge in [0.15, 0.2) is 11.6 Å². The highest BCUT2D eigenvalue weighted by Crippen LogP contribution is 2.32. The van der Waals surface area contributed by atoms with Gasteiger partial charge in [-0.25, -0.2) is 9.97 Å². The minimum atomic E-state index is -4.37. The number of piperazine rings is 1. The van der Waals surface area contributed by atoms with Gasteiger partial charge in [0, 0.05) is 37.6 Å². The van der Waals surface area contributed by atoms with Gasteiger partial charge in [-0.15, -0.1) is 0 Å². The zero-order valence-electron chi connectivity index (χ0n) is 16.1. The number of nitrogen functional groups attached to an aromatic ring is 1. The van der Waals surface area contributed by atoms with Crippen molar-refractivity contribution in [3.05, 3.63) is 66.5 Å². The topological polar surface area (TPSA) is 70.3 Å². The van der Waals surface area contributed by atoms with E-state index in [-0.39, 0.29) is 0 Å². The SMILES string of the molecule is Nc1c(Nc2ccc(C(F)(F)F)cc2)ncnc1N1CCN(c2ccccc2)CC1. The van der Waals surface area contributed by atoms with Crippen LogP contribution in [0.25, 0.3) is 0 Å². The minimum absolute atomic E-state index is 0.366. The van der Waals surface area contributed by atoms with Crippen molar-refractivity contribution in [3.8, 4) is 0 Å². The summed E-state index contributed by atoms with van der Waals surface area (Å²) in [5, 5.41) is 2.98. The lowest BCUT2D eigenvalue weighted by Gasteiger charge is -2.37. The molecule has 156 valence electrons. The third-order valence-electron chi connectivity index (χ3n) is 5.04. The fourth-order valence-corrected chi connectivity index (χ4v) is 3.43. The molecule has 1 aliphatic rings. The summed E-state index contributed by atoms with van der Waals surface area (Å²) in [5.41, 5.74) is 7.59. The van der Waals surface area contributed by atoms with Gasteiger partial charge in [0.25, 0.3) is 0 Å². The van der Waals surface area contributed by atoms with Crippen LogP contribution in [-0.2, 0) is 6.18 Å². The number of rotatable bonds is 4. The Kier molecular flexibility index (Phi) is 5.35. The molecular formula is C21H21F3N6.